The van der Waals surface area contributed by atoms with Gasteiger partial charge in [-0.2, -0.15) is 0 Å². The Labute approximate surface area is 125 Å². The molecule has 7 nitrogen and oxygen atoms in total. The second kappa shape index (κ2) is 7.99. The van der Waals surface area contributed by atoms with Crippen LogP contribution in [0.1, 0.15) is 25.7 Å². The number of nitrogens with zero attached hydrogens (tertiary/aromatic N) is 3. The Kier molecular flexibility index (Phi) is 6.01. The van der Waals surface area contributed by atoms with Gasteiger partial charge >= 0.3 is 0 Å². The normalized spacial score (nSPS) is 16.9. The summed E-state index contributed by atoms with van der Waals surface area (Å²) in [7, 11) is 0. The van der Waals surface area contributed by atoms with Crippen molar-refractivity contribution in [3.63, 3.8) is 0 Å². The number of H-pyrrole nitrogens is 1. The number of nitrogens with one attached hydrogen (secondary N) is 1. The zero-order valence-corrected chi connectivity index (χ0v) is 12.6. The molecule has 0 amide bonds. The largest absolute Gasteiger partial charge is 0.391 e. The molecule has 2 rings (SSSR count). The Morgan fingerprint density at radius 3 is 2.86 bits per heavy atom. The molecule has 0 aliphatic carbocycles. The Morgan fingerprint density at radius 1 is 1.19 bits per heavy atom. The van der Waals surface area contributed by atoms with E-state index in [9.17, 15) is 4.79 Å². The van der Waals surface area contributed by atoms with Gasteiger partial charge in [-0.05, 0) is 38.9 Å². The summed E-state index contributed by atoms with van der Waals surface area (Å²) in [5, 5.41) is 0. The molecule has 21 heavy (non-hydrogen) atoms. The smallest absolute Gasteiger partial charge is 0.276 e. The third-order valence-corrected chi connectivity index (χ3v) is 3.93. The van der Waals surface area contributed by atoms with Gasteiger partial charge in [0.05, 0.1) is 6.33 Å². The van der Waals surface area contributed by atoms with E-state index >= 15 is 0 Å². The second-order valence-corrected chi connectivity index (χ2v) is 5.50. The van der Waals surface area contributed by atoms with Gasteiger partial charge in [-0.3, -0.25) is 4.79 Å². The highest BCUT2D eigenvalue weighted by atomic mass is 16.1. The van der Waals surface area contributed by atoms with Crippen molar-refractivity contribution in [1.29, 1.82) is 0 Å². The second-order valence-electron chi connectivity index (χ2n) is 5.50. The Bertz CT molecular complexity index is 489. The van der Waals surface area contributed by atoms with Crippen LogP contribution in [0.2, 0.25) is 0 Å². The van der Waals surface area contributed by atoms with Gasteiger partial charge in [-0.15, -0.1) is 0 Å². The van der Waals surface area contributed by atoms with Crippen LogP contribution < -0.4 is 21.9 Å². The van der Waals surface area contributed by atoms with E-state index in [1.165, 1.54) is 19.2 Å². The van der Waals surface area contributed by atoms with Crippen LogP contribution in [0.3, 0.4) is 0 Å². The number of hydrogen-bond donors (Lipinski definition) is 3. The number of nitrogens with two attached hydrogens (primary N) is 2. The van der Waals surface area contributed by atoms with E-state index in [4.69, 9.17) is 11.5 Å². The van der Waals surface area contributed by atoms with Crippen LogP contribution in [0.25, 0.3) is 0 Å². The van der Waals surface area contributed by atoms with Crippen LogP contribution in [0.5, 0.6) is 0 Å². The van der Waals surface area contributed by atoms with Gasteiger partial charge in [0.1, 0.15) is 5.69 Å². The van der Waals surface area contributed by atoms with E-state index in [0.717, 1.165) is 52.1 Å². The third-order valence-electron chi connectivity index (χ3n) is 3.93. The monoisotopic (exact) mass is 294 g/mol. The van der Waals surface area contributed by atoms with Crippen molar-refractivity contribution >= 4 is 11.5 Å². The first-order valence-corrected chi connectivity index (χ1v) is 7.73. The number of nitrogen functional groups attached to an aromatic ring is 1. The zero-order valence-electron chi connectivity index (χ0n) is 12.6. The van der Waals surface area contributed by atoms with E-state index < -0.39 is 0 Å². The Hall–Kier alpha value is -1.60. The molecule has 0 spiro atoms. The first-order valence-electron chi connectivity index (χ1n) is 7.73. The van der Waals surface area contributed by atoms with Crippen molar-refractivity contribution in [1.82, 2.24) is 14.9 Å². The summed E-state index contributed by atoms with van der Waals surface area (Å²) in [5.74, 6) is 0.615. The molecule has 0 saturated carbocycles. The Morgan fingerprint density at radius 2 is 2.05 bits per heavy atom. The first-order chi connectivity index (χ1) is 10.2. The highest BCUT2D eigenvalue weighted by Crippen LogP contribution is 2.17. The van der Waals surface area contributed by atoms with E-state index in [1.54, 1.807) is 0 Å². The molecule has 1 saturated heterocycles. The highest BCUT2D eigenvalue weighted by Gasteiger charge is 2.18. The molecule has 0 radical (unpaired) electrons. The number of anilines is 2. The zero-order chi connectivity index (χ0) is 15.1. The molecule has 0 aromatic carbocycles. The molecule has 1 aromatic rings. The van der Waals surface area contributed by atoms with Gasteiger partial charge in [-0.25, -0.2) is 4.98 Å². The van der Waals surface area contributed by atoms with Crippen molar-refractivity contribution in [3.05, 3.63) is 16.7 Å². The highest BCUT2D eigenvalue weighted by molar-refractivity contribution is 5.60. The van der Waals surface area contributed by atoms with Gasteiger partial charge in [0.2, 0.25) is 0 Å². The molecular formula is C14H26N6O. The molecule has 5 N–H and O–H groups in total. The maximum absolute atomic E-state index is 11.6. The van der Waals surface area contributed by atoms with Crippen LogP contribution in [0.4, 0.5) is 11.5 Å². The molecule has 1 aromatic heterocycles. The van der Waals surface area contributed by atoms with Crippen molar-refractivity contribution in [2.24, 2.45) is 5.73 Å². The fraction of sp³-hybridized carbons (Fsp3) is 0.714. The van der Waals surface area contributed by atoms with Crippen molar-refractivity contribution < 1.29 is 0 Å². The quantitative estimate of drug-likeness (QED) is 0.638. The minimum atomic E-state index is -0.261. The van der Waals surface area contributed by atoms with Crippen molar-refractivity contribution in [2.75, 3.05) is 49.9 Å². The predicted molar refractivity (Wildman–Crippen MR) is 85.4 cm³/mol. The molecule has 2 heterocycles. The lowest BCUT2D eigenvalue weighted by molar-refractivity contribution is 0.286. The lowest BCUT2D eigenvalue weighted by Crippen LogP contribution is -2.33. The summed E-state index contributed by atoms with van der Waals surface area (Å²) in [4.78, 5) is 22.9. The molecule has 0 atom stereocenters. The summed E-state index contributed by atoms with van der Waals surface area (Å²) in [6.45, 7) is 5.71. The maximum Gasteiger partial charge on any atom is 0.276 e. The van der Waals surface area contributed by atoms with E-state index in [1.807, 2.05) is 0 Å². The van der Waals surface area contributed by atoms with E-state index in [-0.39, 0.29) is 11.2 Å². The molecule has 1 aliphatic heterocycles. The maximum atomic E-state index is 11.6. The summed E-state index contributed by atoms with van der Waals surface area (Å²) < 4.78 is 0. The molecular weight excluding hydrogens is 268 g/mol. The summed E-state index contributed by atoms with van der Waals surface area (Å²) in [5.41, 5.74) is 11.3. The molecule has 0 bridgehead atoms. The third kappa shape index (κ3) is 4.44. The van der Waals surface area contributed by atoms with Crippen LogP contribution in [-0.4, -0.2) is 54.1 Å². The van der Waals surface area contributed by atoms with Crippen LogP contribution in [0, 0.1) is 0 Å². The van der Waals surface area contributed by atoms with Crippen LogP contribution >= 0.6 is 0 Å². The minimum absolute atomic E-state index is 0.217. The fourth-order valence-electron chi connectivity index (χ4n) is 2.72. The summed E-state index contributed by atoms with van der Waals surface area (Å²) >= 11 is 0. The van der Waals surface area contributed by atoms with Crippen LogP contribution in [-0.2, 0) is 0 Å². The van der Waals surface area contributed by atoms with Gasteiger partial charge in [0.25, 0.3) is 5.56 Å². The lowest BCUT2D eigenvalue weighted by Gasteiger charge is -2.23. The number of aromatic nitrogens is 2. The fourth-order valence-corrected chi connectivity index (χ4v) is 2.72. The average molecular weight is 294 g/mol. The van der Waals surface area contributed by atoms with Gasteiger partial charge in [0, 0.05) is 19.6 Å². The Balaban J connectivity index is 1.88. The number of rotatable bonds is 6. The molecule has 118 valence electrons. The van der Waals surface area contributed by atoms with E-state index in [0.29, 0.717) is 5.82 Å². The SMILES string of the molecule is NCCCCCN1CCCN(c2nc[nH]c(=O)c2N)CC1. The van der Waals surface area contributed by atoms with Crippen molar-refractivity contribution in [2.45, 2.75) is 25.7 Å². The topological polar surface area (TPSA) is 104 Å². The number of unbranched alkanes of at least 4 members (excludes halogenated alkanes) is 2. The molecule has 1 aliphatic rings. The first kappa shape index (κ1) is 15.8. The predicted octanol–water partition coefficient (Wildman–Crippen LogP) is -0.00680. The average Bonchev–Trinajstić information content (AvgIpc) is 2.72. The van der Waals surface area contributed by atoms with Gasteiger partial charge in [-0.1, -0.05) is 6.42 Å². The number of aromatic amines is 1. The van der Waals surface area contributed by atoms with Crippen molar-refractivity contribution in [3.8, 4) is 0 Å². The summed E-state index contributed by atoms with van der Waals surface area (Å²) in [6, 6.07) is 0. The van der Waals surface area contributed by atoms with Crippen LogP contribution in [0.15, 0.2) is 11.1 Å². The molecule has 1 fully saturated rings. The molecule has 0 unspecified atom stereocenters. The number of hydrogen-bond acceptors (Lipinski definition) is 6. The standard InChI is InChI=1S/C14H26N6O/c15-5-2-1-3-6-19-7-4-8-20(10-9-19)13-12(16)14(21)18-11-17-13/h11H,1-10,15-16H2,(H,17,18,21). The summed E-state index contributed by atoms with van der Waals surface area (Å²) in [6.07, 6.45) is 5.98. The molecule has 7 heteroatoms. The lowest BCUT2D eigenvalue weighted by atomic mass is 10.2. The van der Waals surface area contributed by atoms with Gasteiger partial charge < -0.3 is 26.3 Å². The van der Waals surface area contributed by atoms with Gasteiger partial charge in [0.15, 0.2) is 5.82 Å². The minimum Gasteiger partial charge on any atom is -0.391 e. The van der Waals surface area contributed by atoms with E-state index in [2.05, 4.69) is 19.8 Å².